The van der Waals surface area contributed by atoms with Crippen molar-refractivity contribution in [2.24, 2.45) is 5.92 Å². The lowest BCUT2D eigenvalue weighted by Crippen LogP contribution is -2.40. The Labute approximate surface area is 132 Å². The van der Waals surface area contributed by atoms with Crippen LogP contribution in [0.5, 0.6) is 0 Å². The number of amides is 1. The van der Waals surface area contributed by atoms with E-state index in [-0.39, 0.29) is 5.91 Å². The molecule has 1 aliphatic heterocycles. The first-order chi connectivity index (χ1) is 10.2. The summed E-state index contributed by atoms with van der Waals surface area (Å²) in [4.78, 5) is 14.4. The van der Waals surface area contributed by atoms with E-state index in [9.17, 15) is 4.79 Å². The molecule has 2 aromatic rings. The van der Waals surface area contributed by atoms with Crippen molar-refractivity contribution in [3.8, 4) is 0 Å². The standard InChI is InChI=1S/C16H19BrN2O2/c1-18-10-11-4-6-19(7-5-11)16(20)15-9-12-8-13(17)2-3-14(12)21-15/h2-3,8-9,11,18H,4-7,10H2,1H3. The monoisotopic (exact) mass is 350 g/mol. The van der Waals surface area contributed by atoms with Crippen LogP contribution in [0.3, 0.4) is 0 Å². The van der Waals surface area contributed by atoms with Crippen LogP contribution in [0.1, 0.15) is 23.4 Å². The van der Waals surface area contributed by atoms with Crippen molar-refractivity contribution in [1.29, 1.82) is 0 Å². The Morgan fingerprint density at radius 1 is 1.38 bits per heavy atom. The molecule has 3 rings (SSSR count). The van der Waals surface area contributed by atoms with E-state index in [1.165, 1.54) is 0 Å². The van der Waals surface area contributed by atoms with Gasteiger partial charge in [0.05, 0.1) is 0 Å². The Bertz CT molecular complexity index is 645. The quantitative estimate of drug-likeness (QED) is 0.923. The van der Waals surface area contributed by atoms with Crippen LogP contribution in [-0.2, 0) is 0 Å². The summed E-state index contributed by atoms with van der Waals surface area (Å²) in [5, 5.41) is 4.17. The number of carbonyl (C=O) groups is 1. The van der Waals surface area contributed by atoms with E-state index < -0.39 is 0 Å². The minimum absolute atomic E-state index is 0.00484. The molecule has 0 aliphatic carbocycles. The summed E-state index contributed by atoms with van der Waals surface area (Å²) in [6.45, 7) is 2.65. The molecule has 0 atom stereocenters. The topological polar surface area (TPSA) is 45.5 Å². The maximum Gasteiger partial charge on any atom is 0.289 e. The van der Waals surface area contributed by atoms with E-state index in [0.717, 1.165) is 47.9 Å². The van der Waals surface area contributed by atoms with E-state index in [0.29, 0.717) is 11.7 Å². The van der Waals surface area contributed by atoms with Gasteiger partial charge >= 0.3 is 0 Å². The fourth-order valence-corrected chi connectivity index (χ4v) is 3.28. The van der Waals surface area contributed by atoms with E-state index in [1.807, 2.05) is 36.2 Å². The van der Waals surface area contributed by atoms with Gasteiger partial charge in [-0.3, -0.25) is 4.79 Å². The second-order valence-electron chi connectivity index (χ2n) is 5.59. The maximum absolute atomic E-state index is 12.5. The second kappa shape index (κ2) is 6.20. The SMILES string of the molecule is CNCC1CCN(C(=O)c2cc3cc(Br)ccc3o2)CC1. The molecule has 1 aromatic heterocycles. The Morgan fingerprint density at radius 2 is 2.14 bits per heavy atom. The van der Waals surface area contributed by atoms with Crippen molar-refractivity contribution in [3.05, 3.63) is 34.5 Å². The number of nitrogens with one attached hydrogen (secondary N) is 1. The normalized spacial score (nSPS) is 16.6. The van der Waals surface area contributed by atoms with Gasteiger partial charge in [-0.15, -0.1) is 0 Å². The highest BCUT2D eigenvalue weighted by Crippen LogP contribution is 2.25. The number of benzene rings is 1. The van der Waals surface area contributed by atoms with Gasteiger partial charge in [-0.1, -0.05) is 15.9 Å². The Balaban J connectivity index is 1.72. The van der Waals surface area contributed by atoms with Gasteiger partial charge < -0.3 is 14.6 Å². The zero-order chi connectivity index (χ0) is 14.8. The van der Waals surface area contributed by atoms with Crippen molar-refractivity contribution in [2.45, 2.75) is 12.8 Å². The Hall–Kier alpha value is -1.33. The third-order valence-corrected chi connectivity index (χ3v) is 4.58. The number of hydrogen-bond acceptors (Lipinski definition) is 3. The van der Waals surface area contributed by atoms with Gasteiger partial charge in [-0.05, 0) is 56.6 Å². The van der Waals surface area contributed by atoms with Gasteiger partial charge in [0.2, 0.25) is 0 Å². The van der Waals surface area contributed by atoms with Crippen LogP contribution in [0.25, 0.3) is 11.0 Å². The summed E-state index contributed by atoms with van der Waals surface area (Å²) < 4.78 is 6.68. The fourth-order valence-electron chi connectivity index (χ4n) is 2.90. The molecule has 1 saturated heterocycles. The van der Waals surface area contributed by atoms with E-state index in [4.69, 9.17) is 4.42 Å². The maximum atomic E-state index is 12.5. The number of piperidine rings is 1. The highest BCUT2D eigenvalue weighted by atomic mass is 79.9. The predicted octanol–water partition coefficient (Wildman–Crippen LogP) is 3.27. The smallest absolute Gasteiger partial charge is 0.289 e. The molecule has 4 nitrogen and oxygen atoms in total. The van der Waals surface area contributed by atoms with Crippen molar-refractivity contribution in [3.63, 3.8) is 0 Å². The Kier molecular flexibility index (Phi) is 4.31. The third-order valence-electron chi connectivity index (χ3n) is 4.08. The average Bonchev–Trinajstić information content (AvgIpc) is 2.90. The third kappa shape index (κ3) is 3.14. The van der Waals surface area contributed by atoms with Crippen molar-refractivity contribution < 1.29 is 9.21 Å². The van der Waals surface area contributed by atoms with Crippen molar-refractivity contribution >= 4 is 32.8 Å². The van der Waals surface area contributed by atoms with Crippen LogP contribution in [0.15, 0.2) is 33.2 Å². The molecular weight excluding hydrogens is 332 g/mol. The second-order valence-corrected chi connectivity index (χ2v) is 6.50. The molecule has 1 fully saturated rings. The van der Waals surface area contributed by atoms with Gasteiger partial charge in [0, 0.05) is 22.9 Å². The Morgan fingerprint density at radius 3 is 2.86 bits per heavy atom. The number of fused-ring (bicyclic) bond motifs is 1. The van der Waals surface area contributed by atoms with Crippen molar-refractivity contribution in [1.82, 2.24) is 10.2 Å². The first kappa shape index (κ1) is 14.6. The first-order valence-corrected chi connectivity index (χ1v) is 8.09. The number of hydrogen-bond donors (Lipinski definition) is 1. The molecule has 1 aliphatic rings. The number of nitrogens with zero attached hydrogens (tertiary/aromatic N) is 1. The molecule has 0 spiro atoms. The minimum atomic E-state index is 0.00484. The molecule has 2 heterocycles. The van der Waals surface area contributed by atoms with Crippen LogP contribution in [0, 0.1) is 5.92 Å². The summed E-state index contributed by atoms with van der Waals surface area (Å²) in [6.07, 6.45) is 2.11. The minimum Gasteiger partial charge on any atom is -0.451 e. The van der Waals surface area contributed by atoms with Crippen LogP contribution in [0.4, 0.5) is 0 Å². The average molecular weight is 351 g/mol. The molecular formula is C16H19BrN2O2. The molecule has 0 bridgehead atoms. The summed E-state index contributed by atoms with van der Waals surface area (Å²) in [5.74, 6) is 1.12. The van der Waals surface area contributed by atoms with Gasteiger partial charge in [-0.2, -0.15) is 0 Å². The highest BCUT2D eigenvalue weighted by molar-refractivity contribution is 9.10. The number of rotatable bonds is 3. The largest absolute Gasteiger partial charge is 0.451 e. The van der Waals surface area contributed by atoms with Gasteiger partial charge in [0.1, 0.15) is 5.58 Å². The molecule has 112 valence electrons. The molecule has 1 amide bonds. The van der Waals surface area contributed by atoms with Crippen LogP contribution >= 0.6 is 15.9 Å². The van der Waals surface area contributed by atoms with Gasteiger partial charge in [-0.25, -0.2) is 0 Å². The number of likely N-dealkylation sites (tertiary alicyclic amines) is 1. The van der Waals surface area contributed by atoms with E-state index in [2.05, 4.69) is 21.2 Å². The van der Waals surface area contributed by atoms with Crippen LogP contribution in [0.2, 0.25) is 0 Å². The zero-order valence-corrected chi connectivity index (χ0v) is 13.6. The summed E-state index contributed by atoms with van der Waals surface area (Å²) in [6, 6.07) is 7.61. The highest BCUT2D eigenvalue weighted by Gasteiger charge is 2.25. The van der Waals surface area contributed by atoms with E-state index >= 15 is 0 Å². The van der Waals surface area contributed by atoms with E-state index in [1.54, 1.807) is 0 Å². The number of furan rings is 1. The van der Waals surface area contributed by atoms with Gasteiger partial charge in [0.25, 0.3) is 5.91 Å². The lowest BCUT2D eigenvalue weighted by molar-refractivity contribution is 0.0661. The summed E-state index contributed by atoms with van der Waals surface area (Å²) >= 11 is 3.43. The molecule has 0 unspecified atom stereocenters. The fraction of sp³-hybridized carbons (Fsp3) is 0.438. The zero-order valence-electron chi connectivity index (χ0n) is 12.1. The predicted molar refractivity (Wildman–Crippen MR) is 86.5 cm³/mol. The molecule has 0 radical (unpaired) electrons. The molecule has 5 heteroatoms. The van der Waals surface area contributed by atoms with Crippen LogP contribution in [-0.4, -0.2) is 37.5 Å². The lowest BCUT2D eigenvalue weighted by Gasteiger charge is -2.31. The van der Waals surface area contributed by atoms with Crippen molar-refractivity contribution in [2.75, 3.05) is 26.7 Å². The molecule has 1 N–H and O–H groups in total. The lowest BCUT2D eigenvalue weighted by atomic mass is 9.97. The molecule has 0 saturated carbocycles. The number of halogens is 1. The summed E-state index contributed by atoms with van der Waals surface area (Å²) in [5.41, 5.74) is 0.756. The molecule has 21 heavy (non-hydrogen) atoms. The molecule has 1 aromatic carbocycles. The first-order valence-electron chi connectivity index (χ1n) is 7.30. The summed E-state index contributed by atoms with van der Waals surface area (Å²) in [7, 11) is 1.98. The van der Waals surface area contributed by atoms with Gasteiger partial charge in [0.15, 0.2) is 5.76 Å². The van der Waals surface area contributed by atoms with Crippen LogP contribution < -0.4 is 5.32 Å². The number of carbonyl (C=O) groups excluding carboxylic acids is 1.